The number of carbonyl (C=O) groups is 1. The second-order valence-electron chi connectivity index (χ2n) is 12.9. The van der Waals surface area contributed by atoms with Crippen LogP contribution in [0.1, 0.15) is 67.7 Å². The van der Waals surface area contributed by atoms with Gasteiger partial charge in [-0.1, -0.05) is 81.4 Å². The molecule has 2 aliphatic rings. The highest BCUT2D eigenvalue weighted by molar-refractivity contribution is 7.90. The van der Waals surface area contributed by atoms with Crippen molar-refractivity contribution in [2.75, 3.05) is 6.61 Å². The molecule has 4 unspecified atom stereocenters. The lowest BCUT2D eigenvalue weighted by Gasteiger charge is -2.45. The molecule has 0 aromatic heterocycles. The van der Waals surface area contributed by atoms with Crippen LogP contribution in [-0.4, -0.2) is 42.3 Å². The number of fused-ring (bicyclic) bond motifs is 1. The van der Waals surface area contributed by atoms with E-state index in [4.69, 9.17) is 9.16 Å². The first-order valence-electron chi connectivity index (χ1n) is 14.0. The van der Waals surface area contributed by atoms with Crippen molar-refractivity contribution < 1.29 is 18.5 Å². The Morgan fingerprint density at radius 1 is 0.974 bits per heavy atom. The van der Waals surface area contributed by atoms with Crippen LogP contribution in [0.2, 0.25) is 5.04 Å². The normalized spacial score (nSPS) is 24.9. The van der Waals surface area contributed by atoms with Crippen molar-refractivity contribution in [1.82, 2.24) is 4.72 Å². The van der Waals surface area contributed by atoms with Crippen LogP contribution in [0, 0.1) is 17.8 Å². The molecule has 0 heterocycles. The molecule has 38 heavy (non-hydrogen) atoms. The highest BCUT2D eigenvalue weighted by atomic mass is 32.2. The van der Waals surface area contributed by atoms with E-state index in [1.54, 1.807) is 0 Å². The number of esters is 1. The van der Waals surface area contributed by atoms with Gasteiger partial charge in [-0.2, -0.15) is 0 Å². The molecular weight excluding hydrogens is 510 g/mol. The molecule has 0 bridgehead atoms. The van der Waals surface area contributed by atoms with E-state index in [1.165, 1.54) is 10.4 Å². The van der Waals surface area contributed by atoms with E-state index in [2.05, 4.69) is 86.2 Å². The third kappa shape index (κ3) is 6.07. The summed E-state index contributed by atoms with van der Waals surface area (Å²) >= 11 is -1.24. The fourth-order valence-electron chi connectivity index (χ4n) is 6.45. The summed E-state index contributed by atoms with van der Waals surface area (Å²) < 4.78 is 28.5. The molecule has 2 aromatic carbocycles. The SMILES string of the molecule is CCOC(=O)CC(N[S+]([O-])C(C)(C)C)C1[C@H]2CC(O[Si](c3ccccc3)(c3ccccc3)C(C)(C)C)C[C@@H]12. The second kappa shape index (κ2) is 11.5. The lowest BCUT2D eigenvalue weighted by molar-refractivity contribution is -0.143. The lowest BCUT2D eigenvalue weighted by atomic mass is 10.0. The summed E-state index contributed by atoms with van der Waals surface area (Å²) in [5.41, 5.74) is 0. The Bertz CT molecular complexity index is 1020. The van der Waals surface area contributed by atoms with E-state index in [1.807, 2.05) is 27.7 Å². The summed E-state index contributed by atoms with van der Waals surface area (Å²) in [6, 6.07) is 21.5. The fourth-order valence-corrected chi connectivity index (χ4v) is 12.0. The van der Waals surface area contributed by atoms with Crippen LogP contribution < -0.4 is 15.1 Å². The van der Waals surface area contributed by atoms with Gasteiger partial charge in [-0.3, -0.25) is 4.79 Å². The quantitative estimate of drug-likeness (QED) is 0.255. The van der Waals surface area contributed by atoms with Crippen LogP contribution >= 0.6 is 0 Å². The maximum atomic E-state index is 13.0. The summed E-state index contributed by atoms with van der Waals surface area (Å²) in [7, 11) is -2.60. The number of rotatable bonds is 10. The number of hydrogen-bond acceptors (Lipinski definition) is 5. The van der Waals surface area contributed by atoms with E-state index < -0.39 is 24.4 Å². The van der Waals surface area contributed by atoms with Gasteiger partial charge in [0.1, 0.15) is 4.75 Å². The van der Waals surface area contributed by atoms with Gasteiger partial charge in [-0.15, -0.1) is 4.72 Å². The van der Waals surface area contributed by atoms with Gasteiger partial charge in [-0.05, 0) is 73.7 Å². The number of nitrogens with one attached hydrogen (secondary N) is 1. The van der Waals surface area contributed by atoms with Gasteiger partial charge in [0.25, 0.3) is 8.32 Å². The Morgan fingerprint density at radius 2 is 1.47 bits per heavy atom. The van der Waals surface area contributed by atoms with Gasteiger partial charge in [0, 0.05) is 17.5 Å². The van der Waals surface area contributed by atoms with Gasteiger partial charge in [0.05, 0.1) is 19.1 Å². The summed E-state index contributed by atoms with van der Waals surface area (Å²) in [5, 5.41) is 2.55. The predicted octanol–water partition coefficient (Wildman–Crippen LogP) is 4.96. The van der Waals surface area contributed by atoms with Crippen molar-refractivity contribution in [3.8, 4) is 0 Å². The van der Waals surface area contributed by atoms with Crippen molar-refractivity contribution >= 4 is 36.0 Å². The third-order valence-electron chi connectivity index (χ3n) is 8.20. The Kier molecular flexibility index (Phi) is 8.85. The van der Waals surface area contributed by atoms with Gasteiger partial charge in [0.2, 0.25) is 0 Å². The average molecular weight is 556 g/mol. The monoisotopic (exact) mass is 555 g/mol. The molecule has 0 radical (unpaired) electrons. The fraction of sp³-hybridized carbons (Fsp3) is 0.581. The van der Waals surface area contributed by atoms with Gasteiger partial charge >= 0.3 is 5.97 Å². The van der Waals surface area contributed by atoms with Crippen molar-refractivity contribution in [2.45, 2.75) is 89.7 Å². The Labute approximate surface area is 233 Å². The largest absolute Gasteiger partial charge is 0.598 e. The lowest BCUT2D eigenvalue weighted by Crippen LogP contribution is -2.67. The molecule has 2 aromatic rings. The van der Waals surface area contributed by atoms with E-state index in [9.17, 15) is 9.35 Å². The smallest absolute Gasteiger partial charge is 0.307 e. The molecule has 2 saturated carbocycles. The number of benzene rings is 2. The van der Waals surface area contributed by atoms with Crippen LogP contribution in [-0.2, 0) is 25.3 Å². The first-order valence-corrected chi connectivity index (χ1v) is 17.1. The van der Waals surface area contributed by atoms with Crippen LogP contribution in [0.25, 0.3) is 0 Å². The van der Waals surface area contributed by atoms with E-state index in [0.717, 1.165) is 12.8 Å². The molecule has 5 nitrogen and oxygen atoms in total. The molecule has 0 spiro atoms. The highest BCUT2D eigenvalue weighted by Crippen LogP contribution is 2.61. The minimum absolute atomic E-state index is 0.0561. The van der Waals surface area contributed by atoms with E-state index in [-0.39, 0.29) is 29.6 Å². The molecule has 208 valence electrons. The van der Waals surface area contributed by atoms with Gasteiger partial charge in [-0.25, -0.2) is 0 Å². The highest BCUT2D eigenvalue weighted by Gasteiger charge is 2.62. The first-order chi connectivity index (χ1) is 17.9. The number of hydrogen-bond donors (Lipinski definition) is 1. The van der Waals surface area contributed by atoms with Crippen molar-refractivity contribution in [1.29, 1.82) is 0 Å². The van der Waals surface area contributed by atoms with Crippen LogP contribution in [0.4, 0.5) is 0 Å². The summed E-state index contributed by atoms with van der Waals surface area (Å²) in [6.45, 7) is 15.0. The summed E-state index contributed by atoms with van der Waals surface area (Å²) in [5.74, 6) is 1.05. The summed E-state index contributed by atoms with van der Waals surface area (Å²) in [6.07, 6.45) is 2.38. The molecule has 1 N–H and O–H groups in total. The average Bonchev–Trinajstić information content (AvgIpc) is 3.36. The summed E-state index contributed by atoms with van der Waals surface area (Å²) in [4.78, 5) is 12.4. The molecule has 0 aliphatic heterocycles. The number of carbonyl (C=O) groups excluding carboxylic acids is 1. The first kappa shape index (κ1) is 29.3. The maximum absolute atomic E-state index is 13.0. The Morgan fingerprint density at radius 3 is 1.89 bits per heavy atom. The van der Waals surface area contributed by atoms with Gasteiger partial charge < -0.3 is 13.7 Å². The van der Waals surface area contributed by atoms with Crippen LogP contribution in [0.15, 0.2) is 60.7 Å². The molecule has 4 rings (SSSR count). The molecule has 2 aliphatic carbocycles. The minimum Gasteiger partial charge on any atom is -0.598 e. The van der Waals surface area contributed by atoms with Gasteiger partial charge in [0.15, 0.2) is 0 Å². The number of ether oxygens (including phenoxy) is 1. The standard InChI is InChI=1S/C31H45NO4SSi/c1-8-35-28(33)21-27(32-37(34)30(2,3)4)29-25-19-22(20-26(25)29)36-38(31(5,6)7,23-15-11-9-12-16-23)24-17-13-10-14-18-24/h9-18,22,25-27,29,32H,8,19-21H2,1-7H3/t22?,25-,26+,27?,29?,37?. The second-order valence-corrected chi connectivity index (χ2v) is 19.1. The van der Waals surface area contributed by atoms with E-state index >= 15 is 0 Å². The predicted molar refractivity (Wildman–Crippen MR) is 158 cm³/mol. The topological polar surface area (TPSA) is 70.6 Å². The molecule has 7 heteroatoms. The zero-order chi connectivity index (χ0) is 27.7. The molecule has 2 fully saturated rings. The molecule has 0 amide bonds. The van der Waals surface area contributed by atoms with Crippen LogP contribution in [0.3, 0.4) is 0 Å². The Balaban J connectivity index is 1.55. The Hall–Kier alpha value is -1.64. The minimum atomic E-state index is -2.60. The van der Waals surface area contributed by atoms with Crippen molar-refractivity contribution in [3.05, 3.63) is 60.7 Å². The molecule has 0 saturated heterocycles. The maximum Gasteiger partial charge on any atom is 0.307 e. The van der Waals surface area contributed by atoms with Crippen LogP contribution in [0.5, 0.6) is 0 Å². The molecule has 6 atom stereocenters. The van der Waals surface area contributed by atoms with Crippen molar-refractivity contribution in [3.63, 3.8) is 0 Å². The third-order valence-corrected chi connectivity index (χ3v) is 14.9. The zero-order valence-electron chi connectivity index (χ0n) is 24.0. The molecular formula is C31H45NO4SSi. The van der Waals surface area contributed by atoms with E-state index in [0.29, 0.717) is 24.4 Å². The van der Waals surface area contributed by atoms with Crippen molar-refractivity contribution in [2.24, 2.45) is 17.8 Å². The zero-order valence-corrected chi connectivity index (χ0v) is 25.8.